The van der Waals surface area contributed by atoms with E-state index in [1.807, 2.05) is 60.7 Å². The molecule has 3 aromatic rings. The third kappa shape index (κ3) is 3.24. The van der Waals surface area contributed by atoms with E-state index in [1.165, 1.54) is 0 Å². The minimum atomic E-state index is -3.76. The van der Waals surface area contributed by atoms with Crippen molar-refractivity contribution in [2.75, 3.05) is 0 Å². The Morgan fingerprint density at radius 2 is 1.38 bits per heavy atom. The smallest absolute Gasteiger partial charge is 0.199 e. The first-order valence-corrected chi connectivity index (χ1v) is 9.82. The number of hydrogen-bond acceptors (Lipinski definition) is 2. The topological polar surface area (TPSA) is 46.5 Å². The van der Waals surface area contributed by atoms with E-state index in [9.17, 15) is 8.42 Å². The van der Waals surface area contributed by atoms with Gasteiger partial charge in [-0.15, -0.1) is 0 Å². The molecule has 0 N–H and O–H groups in total. The molecule has 3 aromatic carbocycles. The quantitative estimate of drug-likeness (QED) is 0.691. The molecule has 0 aliphatic heterocycles. The first-order valence-electron chi connectivity index (χ1n) is 8.38. The van der Waals surface area contributed by atoms with Crippen LogP contribution in [0.2, 0.25) is 0 Å². The summed E-state index contributed by atoms with van der Waals surface area (Å²) < 4.78 is 29.8. The predicted octanol–water partition coefficient (Wildman–Crippen LogP) is 4.50. The largest absolute Gasteiger partial charge is 0.282 e. The maximum absolute atomic E-state index is 12.8. The molecule has 0 bridgehead atoms. The van der Waals surface area contributed by atoms with Gasteiger partial charge in [0.1, 0.15) is 0 Å². The van der Waals surface area contributed by atoms with Crippen LogP contribution in [0, 0.1) is 0 Å². The number of nitrogens with zero attached hydrogens (tertiary/aromatic N) is 1. The van der Waals surface area contributed by atoms with Gasteiger partial charge in [-0.2, -0.15) is 12.8 Å². The predicted molar refractivity (Wildman–Crippen MR) is 105 cm³/mol. The molecule has 0 radical (unpaired) electrons. The highest BCUT2D eigenvalue weighted by molar-refractivity contribution is 7.90. The summed E-state index contributed by atoms with van der Waals surface area (Å²) in [5.41, 5.74) is 4.45. The van der Waals surface area contributed by atoms with E-state index in [2.05, 4.69) is 4.40 Å². The Morgan fingerprint density at radius 3 is 2.12 bits per heavy atom. The average Bonchev–Trinajstić information content (AvgIpc) is 3.00. The zero-order valence-corrected chi connectivity index (χ0v) is 14.9. The van der Waals surface area contributed by atoms with Crippen molar-refractivity contribution in [1.82, 2.24) is 0 Å². The minimum absolute atomic E-state index is 0.205. The lowest BCUT2D eigenvalue weighted by Crippen LogP contribution is -2.05. The molecule has 0 unspecified atom stereocenters. The molecule has 0 saturated carbocycles. The molecule has 26 heavy (non-hydrogen) atoms. The van der Waals surface area contributed by atoms with Crippen LogP contribution in [0.1, 0.15) is 16.7 Å². The summed E-state index contributed by atoms with van der Waals surface area (Å²) in [6.07, 6.45) is 2.69. The maximum Gasteiger partial charge on any atom is 0.282 e. The van der Waals surface area contributed by atoms with E-state index in [-0.39, 0.29) is 4.90 Å². The highest BCUT2D eigenvalue weighted by Gasteiger charge is 2.25. The van der Waals surface area contributed by atoms with Crippen molar-refractivity contribution in [3.05, 3.63) is 107 Å². The molecule has 128 valence electrons. The molecular weight excluding hydrogens is 342 g/mol. The Morgan fingerprint density at radius 1 is 0.769 bits per heavy atom. The lowest BCUT2D eigenvalue weighted by Gasteiger charge is -2.04. The van der Waals surface area contributed by atoms with Gasteiger partial charge >= 0.3 is 0 Å². The number of allylic oxidation sites excluding steroid dienone is 1. The van der Waals surface area contributed by atoms with Crippen molar-refractivity contribution < 1.29 is 8.42 Å². The third-order valence-electron chi connectivity index (χ3n) is 4.35. The second-order valence-electron chi connectivity index (χ2n) is 6.14. The lowest BCUT2D eigenvalue weighted by molar-refractivity contribution is 0.598. The van der Waals surface area contributed by atoms with E-state index < -0.39 is 10.0 Å². The lowest BCUT2D eigenvalue weighted by atomic mass is 10.1. The van der Waals surface area contributed by atoms with Crippen LogP contribution in [-0.4, -0.2) is 14.1 Å². The molecule has 4 rings (SSSR count). The van der Waals surface area contributed by atoms with Crippen LogP contribution in [0.4, 0.5) is 0 Å². The van der Waals surface area contributed by atoms with Crippen molar-refractivity contribution >= 4 is 21.8 Å². The molecule has 0 saturated heterocycles. The van der Waals surface area contributed by atoms with E-state index >= 15 is 0 Å². The standard InChI is InChI=1S/C22H17NO2S/c24-26(25,20-12-5-2-6-13-20)23-22-19(15-17-9-3-1-4-10-17)16-18-11-7-8-14-21(18)22/h1-15H,16H2/b19-15+,23-22+. The number of benzene rings is 3. The molecule has 0 fully saturated rings. The van der Waals surface area contributed by atoms with Crippen molar-refractivity contribution in [2.45, 2.75) is 11.3 Å². The van der Waals surface area contributed by atoms with Gasteiger partial charge in [-0.1, -0.05) is 72.8 Å². The van der Waals surface area contributed by atoms with E-state index in [4.69, 9.17) is 0 Å². The number of rotatable bonds is 3. The summed E-state index contributed by atoms with van der Waals surface area (Å²) in [5.74, 6) is 0. The summed E-state index contributed by atoms with van der Waals surface area (Å²) >= 11 is 0. The van der Waals surface area contributed by atoms with Gasteiger partial charge in [-0.3, -0.25) is 0 Å². The Balaban J connectivity index is 1.86. The Kier molecular flexibility index (Phi) is 4.27. The van der Waals surface area contributed by atoms with Crippen molar-refractivity contribution in [3.63, 3.8) is 0 Å². The van der Waals surface area contributed by atoms with Crippen LogP contribution in [0.5, 0.6) is 0 Å². The Labute approximate surface area is 153 Å². The molecule has 0 atom stereocenters. The Bertz CT molecular complexity index is 1100. The van der Waals surface area contributed by atoms with Gasteiger partial charge in [0.2, 0.25) is 0 Å². The van der Waals surface area contributed by atoms with E-state index in [0.717, 1.165) is 22.3 Å². The zero-order valence-electron chi connectivity index (χ0n) is 14.0. The van der Waals surface area contributed by atoms with Crippen LogP contribution in [0.3, 0.4) is 0 Å². The highest BCUT2D eigenvalue weighted by Crippen LogP contribution is 2.30. The van der Waals surface area contributed by atoms with Gasteiger partial charge < -0.3 is 0 Å². The minimum Gasteiger partial charge on any atom is -0.199 e. The number of fused-ring (bicyclic) bond motifs is 1. The molecule has 3 nitrogen and oxygen atoms in total. The summed E-state index contributed by atoms with van der Waals surface area (Å²) in [6, 6.07) is 26.1. The second kappa shape index (κ2) is 6.73. The molecule has 0 spiro atoms. The van der Waals surface area contributed by atoms with Crippen LogP contribution in [-0.2, 0) is 16.4 Å². The van der Waals surface area contributed by atoms with Crippen LogP contribution < -0.4 is 0 Å². The SMILES string of the molecule is O=S(=O)(/N=C1\C(=C\c2ccccc2)Cc2ccccc21)c1ccccc1. The summed E-state index contributed by atoms with van der Waals surface area (Å²) in [6.45, 7) is 0. The Hall–Kier alpha value is -2.98. The number of hydrogen-bond donors (Lipinski definition) is 0. The maximum atomic E-state index is 12.8. The van der Waals surface area contributed by atoms with E-state index in [0.29, 0.717) is 12.1 Å². The molecular formula is C22H17NO2S. The second-order valence-corrected chi connectivity index (χ2v) is 7.75. The van der Waals surface area contributed by atoms with Gasteiger partial charge in [-0.25, -0.2) is 0 Å². The van der Waals surface area contributed by atoms with Gasteiger partial charge in [0, 0.05) is 12.0 Å². The van der Waals surface area contributed by atoms with Crippen molar-refractivity contribution in [3.8, 4) is 0 Å². The van der Waals surface area contributed by atoms with Crippen LogP contribution >= 0.6 is 0 Å². The van der Waals surface area contributed by atoms with Crippen LogP contribution in [0.15, 0.2) is 99.8 Å². The molecule has 0 heterocycles. The van der Waals surface area contributed by atoms with Gasteiger partial charge in [-0.05, 0) is 34.9 Å². The molecule has 0 aromatic heterocycles. The first-order chi connectivity index (χ1) is 12.6. The highest BCUT2D eigenvalue weighted by atomic mass is 32.2. The zero-order chi connectivity index (χ0) is 18.0. The van der Waals surface area contributed by atoms with Gasteiger partial charge in [0.25, 0.3) is 10.0 Å². The van der Waals surface area contributed by atoms with Crippen molar-refractivity contribution in [2.24, 2.45) is 4.40 Å². The molecule has 1 aliphatic rings. The normalized spacial score (nSPS) is 16.8. The molecule has 4 heteroatoms. The molecule has 0 amide bonds. The summed E-state index contributed by atoms with van der Waals surface area (Å²) in [7, 11) is -3.76. The third-order valence-corrected chi connectivity index (χ3v) is 5.64. The van der Waals surface area contributed by atoms with E-state index in [1.54, 1.807) is 30.3 Å². The van der Waals surface area contributed by atoms with Crippen LogP contribution in [0.25, 0.3) is 6.08 Å². The van der Waals surface area contributed by atoms with Gasteiger partial charge in [0.05, 0.1) is 10.6 Å². The first kappa shape index (κ1) is 16.5. The fourth-order valence-electron chi connectivity index (χ4n) is 3.11. The van der Waals surface area contributed by atoms with Gasteiger partial charge in [0.15, 0.2) is 0 Å². The summed E-state index contributed by atoms with van der Waals surface area (Å²) in [4.78, 5) is 0.205. The van der Waals surface area contributed by atoms with Crippen molar-refractivity contribution in [1.29, 1.82) is 0 Å². The fourth-order valence-corrected chi connectivity index (χ4v) is 4.17. The summed E-state index contributed by atoms with van der Waals surface area (Å²) in [5, 5.41) is 0. The number of sulfonamides is 1. The average molecular weight is 359 g/mol. The monoisotopic (exact) mass is 359 g/mol. The fraction of sp³-hybridized carbons (Fsp3) is 0.0455. The molecule has 1 aliphatic carbocycles.